The average Bonchev–Trinajstić information content (AvgIpc) is 3.40. The number of amides is 2. The van der Waals surface area contributed by atoms with Gasteiger partial charge in [0.15, 0.2) is 11.5 Å². The molecule has 0 bridgehead atoms. The van der Waals surface area contributed by atoms with Crippen LogP contribution in [-0.4, -0.2) is 27.8 Å². The molecule has 3 rings (SSSR count). The lowest BCUT2D eigenvalue weighted by molar-refractivity contribution is -0.118. The number of hydrogen-bond acceptors (Lipinski definition) is 6. The molecule has 2 aromatic rings. The molecule has 8 nitrogen and oxygen atoms in total. The molecule has 1 aliphatic rings. The highest BCUT2D eigenvalue weighted by Gasteiger charge is 2.28. The summed E-state index contributed by atoms with van der Waals surface area (Å²) in [4.78, 5) is 31.8. The summed E-state index contributed by atoms with van der Waals surface area (Å²) in [6.07, 6.45) is 4.26. The molecule has 136 valence electrons. The third kappa shape index (κ3) is 4.47. The minimum atomic E-state index is -0.692. The fraction of sp³-hybridized carbons (Fsp3) is 0.333. The highest BCUT2D eigenvalue weighted by Crippen LogP contribution is 2.34. The van der Waals surface area contributed by atoms with Crippen LogP contribution in [-0.2, 0) is 4.79 Å². The normalized spacial score (nSPS) is 14.5. The number of nitrogens with zero attached hydrogens (tertiary/aromatic N) is 2. The van der Waals surface area contributed by atoms with Crippen molar-refractivity contribution in [3.05, 3.63) is 41.7 Å². The standard InChI is InChI=1S/C18H22N6O2/c1-10-2-6-12(7-3-10)22-18-15(17(20)26)21-9-14(24-18)23-13(16(19)25)8-11-4-5-11/h2-3,6-7,9,11,13H,4-5,8H2,1H3,(H2,19,25)(H2,20,26)(H2,22,23,24)/t13-/m1/s1. The van der Waals surface area contributed by atoms with Crippen molar-refractivity contribution in [2.45, 2.75) is 32.2 Å². The van der Waals surface area contributed by atoms with E-state index in [1.165, 1.54) is 6.20 Å². The minimum absolute atomic E-state index is 0.0222. The first-order valence-corrected chi connectivity index (χ1v) is 8.49. The number of rotatable bonds is 8. The van der Waals surface area contributed by atoms with E-state index in [1.807, 2.05) is 31.2 Å². The molecule has 0 spiro atoms. The van der Waals surface area contributed by atoms with E-state index in [-0.39, 0.29) is 11.5 Å². The lowest BCUT2D eigenvalue weighted by atomic mass is 10.1. The molecule has 1 aromatic heterocycles. The maximum Gasteiger partial charge on any atom is 0.271 e. The SMILES string of the molecule is Cc1ccc(Nc2nc(N[C@H](CC3CC3)C(N)=O)cnc2C(N)=O)cc1. The van der Waals surface area contributed by atoms with E-state index in [4.69, 9.17) is 11.5 Å². The first-order valence-electron chi connectivity index (χ1n) is 8.49. The van der Waals surface area contributed by atoms with Gasteiger partial charge in [-0.1, -0.05) is 30.5 Å². The van der Waals surface area contributed by atoms with Crippen LogP contribution in [0, 0.1) is 12.8 Å². The van der Waals surface area contributed by atoms with E-state index in [0.717, 1.165) is 24.1 Å². The minimum Gasteiger partial charge on any atom is -0.368 e. The zero-order valence-corrected chi connectivity index (χ0v) is 14.5. The van der Waals surface area contributed by atoms with E-state index in [0.29, 0.717) is 18.2 Å². The van der Waals surface area contributed by atoms with Gasteiger partial charge in [-0.15, -0.1) is 0 Å². The van der Waals surface area contributed by atoms with Crippen molar-refractivity contribution in [1.82, 2.24) is 9.97 Å². The van der Waals surface area contributed by atoms with Gasteiger partial charge in [-0.3, -0.25) is 9.59 Å². The van der Waals surface area contributed by atoms with Gasteiger partial charge in [0.2, 0.25) is 5.91 Å². The van der Waals surface area contributed by atoms with Crippen LogP contribution >= 0.6 is 0 Å². The van der Waals surface area contributed by atoms with Crippen molar-refractivity contribution in [3.8, 4) is 0 Å². The van der Waals surface area contributed by atoms with Gasteiger partial charge < -0.3 is 22.1 Å². The predicted molar refractivity (Wildman–Crippen MR) is 99.0 cm³/mol. The van der Waals surface area contributed by atoms with Crippen molar-refractivity contribution >= 4 is 29.1 Å². The number of aromatic nitrogens is 2. The second-order valence-corrected chi connectivity index (χ2v) is 6.59. The van der Waals surface area contributed by atoms with Gasteiger partial charge in [0.05, 0.1) is 6.20 Å². The summed E-state index contributed by atoms with van der Waals surface area (Å²) < 4.78 is 0. The number of anilines is 3. The number of primary amides is 2. The van der Waals surface area contributed by atoms with E-state index in [1.54, 1.807) is 0 Å². The molecule has 0 unspecified atom stereocenters. The topological polar surface area (TPSA) is 136 Å². The molecule has 6 N–H and O–H groups in total. The molecule has 1 atom stereocenters. The Morgan fingerprint density at radius 2 is 1.92 bits per heavy atom. The summed E-state index contributed by atoms with van der Waals surface area (Å²) in [5, 5.41) is 6.06. The van der Waals surface area contributed by atoms with Gasteiger partial charge in [-0.2, -0.15) is 0 Å². The molecular weight excluding hydrogens is 332 g/mol. The number of aryl methyl sites for hydroxylation is 1. The third-order valence-corrected chi connectivity index (χ3v) is 4.25. The zero-order chi connectivity index (χ0) is 18.7. The van der Waals surface area contributed by atoms with Gasteiger partial charge >= 0.3 is 0 Å². The number of hydrogen-bond donors (Lipinski definition) is 4. The highest BCUT2D eigenvalue weighted by atomic mass is 16.1. The summed E-state index contributed by atoms with van der Waals surface area (Å²) >= 11 is 0. The first-order chi connectivity index (χ1) is 12.4. The summed E-state index contributed by atoms with van der Waals surface area (Å²) in [6.45, 7) is 1.98. The predicted octanol–water partition coefficient (Wildman–Crippen LogP) is 1.69. The van der Waals surface area contributed by atoms with Crippen molar-refractivity contribution in [2.24, 2.45) is 17.4 Å². The molecule has 8 heteroatoms. The Hall–Kier alpha value is -3.16. The molecule has 0 saturated heterocycles. The van der Waals surface area contributed by atoms with Gasteiger partial charge in [-0.25, -0.2) is 9.97 Å². The van der Waals surface area contributed by atoms with Crippen LogP contribution < -0.4 is 22.1 Å². The Bertz CT molecular complexity index is 817. The molecular formula is C18H22N6O2. The molecule has 1 fully saturated rings. The van der Waals surface area contributed by atoms with Crippen molar-refractivity contribution in [1.29, 1.82) is 0 Å². The molecule has 2 amide bonds. The number of carbonyl (C=O) groups excluding carboxylic acids is 2. The first kappa shape index (κ1) is 17.7. The fourth-order valence-corrected chi connectivity index (χ4v) is 2.61. The maximum absolute atomic E-state index is 11.7. The van der Waals surface area contributed by atoms with Gasteiger partial charge in [0.1, 0.15) is 11.9 Å². The van der Waals surface area contributed by atoms with Gasteiger partial charge in [0, 0.05) is 5.69 Å². The molecule has 1 saturated carbocycles. The van der Waals surface area contributed by atoms with Crippen LogP contribution in [0.5, 0.6) is 0 Å². The Morgan fingerprint density at radius 3 is 2.50 bits per heavy atom. The van der Waals surface area contributed by atoms with Crippen molar-refractivity contribution in [3.63, 3.8) is 0 Å². The van der Waals surface area contributed by atoms with Gasteiger partial charge in [0.25, 0.3) is 5.91 Å². The Balaban J connectivity index is 1.83. The van der Waals surface area contributed by atoms with Crippen molar-refractivity contribution < 1.29 is 9.59 Å². The van der Waals surface area contributed by atoms with Crippen LogP contribution in [0.3, 0.4) is 0 Å². The van der Waals surface area contributed by atoms with Crippen LogP contribution in [0.4, 0.5) is 17.3 Å². The molecule has 1 aromatic carbocycles. The average molecular weight is 354 g/mol. The number of benzene rings is 1. The zero-order valence-electron chi connectivity index (χ0n) is 14.5. The van der Waals surface area contributed by atoms with E-state index < -0.39 is 17.9 Å². The number of carbonyl (C=O) groups is 2. The van der Waals surface area contributed by atoms with E-state index in [2.05, 4.69) is 20.6 Å². The quantitative estimate of drug-likeness (QED) is 0.569. The number of nitrogens with two attached hydrogens (primary N) is 2. The second kappa shape index (κ2) is 7.38. The Labute approximate surface area is 151 Å². The molecule has 1 heterocycles. The third-order valence-electron chi connectivity index (χ3n) is 4.25. The Morgan fingerprint density at radius 1 is 1.23 bits per heavy atom. The lowest BCUT2D eigenvalue weighted by Crippen LogP contribution is -2.36. The summed E-state index contributed by atoms with van der Waals surface area (Å²) in [6, 6.07) is 7.06. The molecule has 0 aliphatic heterocycles. The Kier molecular flexibility index (Phi) is 5.01. The molecule has 1 aliphatic carbocycles. The molecule has 0 radical (unpaired) electrons. The second-order valence-electron chi connectivity index (χ2n) is 6.59. The summed E-state index contributed by atoms with van der Waals surface area (Å²) in [5.41, 5.74) is 12.7. The monoisotopic (exact) mass is 354 g/mol. The smallest absolute Gasteiger partial charge is 0.271 e. The molecule has 26 heavy (non-hydrogen) atoms. The van der Waals surface area contributed by atoms with Crippen LogP contribution in [0.1, 0.15) is 35.3 Å². The summed E-state index contributed by atoms with van der Waals surface area (Å²) in [7, 11) is 0. The lowest BCUT2D eigenvalue weighted by Gasteiger charge is -2.17. The fourth-order valence-electron chi connectivity index (χ4n) is 2.61. The maximum atomic E-state index is 11.7. The van der Waals surface area contributed by atoms with Crippen LogP contribution in [0.15, 0.2) is 30.5 Å². The highest BCUT2D eigenvalue weighted by molar-refractivity contribution is 5.96. The van der Waals surface area contributed by atoms with Crippen LogP contribution in [0.25, 0.3) is 0 Å². The largest absolute Gasteiger partial charge is 0.368 e. The van der Waals surface area contributed by atoms with Crippen LogP contribution in [0.2, 0.25) is 0 Å². The van der Waals surface area contributed by atoms with E-state index >= 15 is 0 Å². The summed E-state index contributed by atoms with van der Waals surface area (Å²) in [5.74, 6) is -0.0353. The van der Waals surface area contributed by atoms with Crippen molar-refractivity contribution in [2.75, 3.05) is 10.6 Å². The van der Waals surface area contributed by atoms with E-state index in [9.17, 15) is 9.59 Å². The number of nitrogens with one attached hydrogen (secondary N) is 2. The van der Waals surface area contributed by atoms with Gasteiger partial charge in [-0.05, 0) is 31.4 Å².